The molecule has 2 heterocycles. The summed E-state index contributed by atoms with van der Waals surface area (Å²) in [6, 6.07) is 6.64. The molecule has 0 aliphatic rings. The van der Waals surface area contributed by atoms with Gasteiger partial charge >= 0.3 is 0 Å². The number of hydrogen-bond donors (Lipinski definition) is 2. The Kier molecular flexibility index (Phi) is 4.69. The zero-order valence-electron chi connectivity index (χ0n) is 14.1. The molecule has 3 aromatic rings. The minimum atomic E-state index is -3.64. The first kappa shape index (κ1) is 17.3. The van der Waals surface area contributed by atoms with Crippen molar-refractivity contribution in [1.29, 1.82) is 0 Å². The molecule has 3 rings (SSSR count). The highest BCUT2D eigenvalue weighted by Crippen LogP contribution is 2.19. The first-order chi connectivity index (χ1) is 11.8. The van der Waals surface area contributed by atoms with E-state index in [4.69, 9.17) is 5.14 Å². The average Bonchev–Trinajstić information content (AvgIpc) is 2.92. The molecule has 1 aromatic carbocycles. The number of aryl methyl sites for hydroxylation is 3. The minimum absolute atomic E-state index is 0.129. The highest BCUT2D eigenvalue weighted by molar-refractivity contribution is 7.89. The van der Waals surface area contributed by atoms with Crippen LogP contribution in [0.2, 0.25) is 0 Å². The van der Waals surface area contributed by atoms with Crippen LogP contribution in [0.25, 0.3) is 11.0 Å². The molecule has 0 amide bonds. The number of benzene rings is 1. The van der Waals surface area contributed by atoms with Crippen LogP contribution in [0.1, 0.15) is 17.8 Å². The van der Waals surface area contributed by atoms with Crippen LogP contribution in [0, 0.1) is 6.92 Å². The number of rotatable bonds is 6. The third-order valence-electron chi connectivity index (χ3n) is 3.89. The van der Waals surface area contributed by atoms with Crippen molar-refractivity contribution in [1.82, 2.24) is 19.7 Å². The molecule has 0 bridgehead atoms. The van der Waals surface area contributed by atoms with E-state index in [-0.39, 0.29) is 4.90 Å². The van der Waals surface area contributed by atoms with Gasteiger partial charge in [-0.15, -0.1) is 0 Å². The van der Waals surface area contributed by atoms with Gasteiger partial charge in [0.1, 0.15) is 11.6 Å². The number of sulfonamides is 1. The maximum atomic E-state index is 11.2. The average molecular weight is 360 g/mol. The fraction of sp³-hybridized carbons (Fsp3) is 0.312. The number of aromatic nitrogens is 4. The van der Waals surface area contributed by atoms with Crippen LogP contribution < -0.4 is 10.5 Å². The highest BCUT2D eigenvalue weighted by Gasteiger charge is 2.09. The van der Waals surface area contributed by atoms with Gasteiger partial charge in [-0.1, -0.05) is 12.1 Å². The Hall–Kier alpha value is -2.52. The Morgan fingerprint density at radius 1 is 1.20 bits per heavy atom. The number of anilines is 1. The second-order valence-electron chi connectivity index (χ2n) is 5.84. The van der Waals surface area contributed by atoms with Crippen LogP contribution in [0.15, 0.2) is 35.4 Å². The lowest BCUT2D eigenvalue weighted by Crippen LogP contribution is -2.12. The first-order valence-corrected chi connectivity index (χ1v) is 9.41. The van der Waals surface area contributed by atoms with Crippen LogP contribution in [-0.4, -0.2) is 34.7 Å². The fourth-order valence-electron chi connectivity index (χ4n) is 2.61. The van der Waals surface area contributed by atoms with Crippen LogP contribution in [0.5, 0.6) is 0 Å². The van der Waals surface area contributed by atoms with Crippen molar-refractivity contribution in [3.63, 3.8) is 0 Å². The quantitative estimate of drug-likeness (QED) is 0.641. The fourth-order valence-corrected chi connectivity index (χ4v) is 3.13. The molecule has 2 aromatic heterocycles. The van der Waals surface area contributed by atoms with Crippen LogP contribution in [-0.2, 0) is 23.5 Å². The number of nitrogens with zero attached hydrogens (tertiary/aromatic N) is 4. The van der Waals surface area contributed by atoms with Gasteiger partial charge in [0.25, 0.3) is 0 Å². The van der Waals surface area contributed by atoms with Gasteiger partial charge in [-0.25, -0.2) is 23.5 Å². The van der Waals surface area contributed by atoms with Crippen LogP contribution >= 0.6 is 0 Å². The number of hydrogen-bond acceptors (Lipinski definition) is 6. The van der Waals surface area contributed by atoms with Gasteiger partial charge in [-0.05, 0) is 37.5 Å². The third kappa shape index (κ3) is 3.94. The predicted octanol–water partition coefficient (Wildman–Crippen LogP) is 1.36. The first-order valence-electron chi connectivity index (χ1n) is 7.86. The van der Waals surface area contributed by atoms with Crippen molar-refractivity contribution in [2.45, 2.75) is 24.7 Å². The summed E-state index contributed by atoms with van der Waals surface area (Å²) in [7, 11) is -1.79. The summed E-state index contributed by atoms with van der Waals surface area (Å²) < 4.78 is 24.2. The van der Waals surface area contributed by atoms with E-state index in [1.54, 1.807) is 23.0 Å². The molecule has 3 N–H and O–H groups in total. The van der Waals surface area contributed by atoms with Gasteiger partial charge in [0.05, 0.1) is 16.5 Å². The monoisotopic (exact) mass is 360 g/mol. The number of nitrogens with two attached hydrogens (primary N) is 1. The van der Waals surface area contributed by atoms with Crippen molar-refractivity contribution >= 4 is 26.9 Å². The van der Waals surface area contributed by atoms with E-state index < -0.39 is 10.0 Å². The summed E-state index contributed by atoms with van der Waals surface area (Å²) in [6.07, 6.45) is 3.45. The topological polar surface area (TPSA) is 116 Å². The van der Waals surface area contributed by atoms with Gasteiger partial charge in [-0.2, -0.15) is 5.10 Å². The van der Waals surface area contributed by atoms with E-state index in [9.17, 15) is 8.42 Å². The van der Waals surface area contributed by atoms with Crippen molar-refractivity contribution in [3.8, 4) is 0 Å². The molecule has 132 valence electrons. The van der Waals surface area contributed by atoms with Gasteiger partial charge in [0.2, 0.25) is 10.0 Å². The molecule has 0 spiro atoms. The lowest BCUT2D eigenvalue weighted by atomic mass is 10.1. The Bertz CT molecular complexity index is 995. The number of primary sulfonamides is 1. The molecule has 0 unspecified atom stereocenters. The molecule has 8 nitrogen and oxygen atoms in total. The van der Waals surface area contributed by atoms with E-state index in [0.29, 0.717) is 5.82 Å². The maximum Gasteiger partial charge on any atom is 0.238 e. The third-order valence-corrected chi connectivity index (χ3v) is 4.82. The van der Waals surface area contributed by atoms with Crippen molar-refractivity contribution in [3.05, 3.63) is 41.9 Å². The molecule has 0 saturated heterocycles. The number of fused-ring (bicyclic) bond motifs is 1. The van der Waals surface area contributed by atoms with Crippen LogP contribution in [0.3, 0.4) is 0 Å². The second kappa shape index (κ2) is 6.77. The van der Waals surface area contributed by atoms with E-state index in [1.807, 2.05) is 14.0 Å². The molecule has 0 aliphatic heterocycles. The Morgan fingerprint density at radius 3 is 2.60 bits per heavy atom. The van der Waals surface area contributed by atoms with E-state index in [2.05, 4.69) is 20.4 Å². The Morgan fingerprint density at radius 2 is 1.92 bits per heavy atom. The van der Waals surface area contributed by atoms with E-state index in [1.165, 1.54) is 12.1 Å². The summed E-state index contributed by atoms with van der Waals surface area (Å²) >= 11 is 0. The lowest BCUT2D eigenvalue weighted by Gasteiger charge is -2.08. The summed E-state index contributed by atoms with van der Waals surface area (Å²) in [4.78, 5) is 8.96. The van der Waals surface area contributed by atoms with Gasteiger partial charge in [0, 0.05) is 13.6 Å². The predicted molar refractivity (Wildman–Crippen MR) is 95.7 cm³/mol. The summed E-state index contributed by atoms with van der Waals surface area (Å²) in [5.41, 5.74) is 1.85. The highest BCUT2D eigenvalue weighted by atomic mass is 32.2. The van der Waals surface area contributed by atoms with Gasteiger partial charge < -0.3 is 5.32 Å². The normalized spacial score (nSPS) is 11.8. The van der Waals surface area contributed by atoms with E-state index in [0.717, 1.165) is 41.8 Å². The van der Waals surface area contributed by atoms with Gasteiger partial charge in [0.15, 0.2) is 5.65 Å². The molecular weight excluding hydrogens is 340 g/mol. The van der Waals surface area contributed by atoms with Crippen molar-refractivity contribution < 1.29 is 8.42 Å². The largest absolute Gasteiger partial charge is 0.369 e. The molecule has 0 fully saturated rings. The maximum absolute atomic E-state index is 11.2. The standard InChI is InChI=1S/C16H20N6O2S/c1-11-20-15(14-10-19-22(2)16(14)21-11)18-9-3-4-12-5-7-13(8-6-12)25(17,23)24/h5-8,10H,3-4,9H2,1-2H3,(H2,17,23,24)(H,18,20,21). The summed E-state index contributed by atoms with van der Waals surface area (Å²) in [5.74, 6) is 1.47. The molecular formula is C16H20N6O2S. The molecule has 0 aliphatic carbocycles. The zero-order valence-corrected chi connectivity index (χ0v) is 14.9. The lowest BCUT2D eigenvalue weighted by molar-refractivity contribution is 0.597. The number of nitrogens with one attached hydrogen (secondary N) is 1. The molecule has 25 heavy (non-hydrogen) atoms. The van der Waals surface area contributed by atoms with Crippen LogP contribution in [0.4, 0.5) is 5.82 Å². The second-order valence-corrected chi connectivity index (χ2v) is 7.41. The molecule has 9 heteroatoms. The SMILES string of the molecule is Cc1nc(NCCCc2ccc(S(N)(=O)=O)cc2)c2cnn(C)c2n1. The molecule has 0 saturated carbocycles. The van der Waals surface area contributed by atoms with Crippen molar-refractivity contribution in [2.24, 2.45) is 12.2 Å². The Balaban J connectivity index is 1.60. The molecule has 0 radical (unpaired) electrons. The minimum Gasteiger partial charge on any atom is -0.369 e. The van der Waals surface area contributed by atoms with Gasteiger partial charge in [-0.3, -0.25) is 4.68 Å². The smallest absolute Gasteiger partial charge is 0.238 e. The van der Waals surface area contributed by atoms with E-state index >= 15 is 0 Å². The zero-order chi connectivity index (χ0) is 18.0. The Labute approximate surface area is 146 Å². The summed E-state index contributed by atoms with van der Waals surface area (Å²) in [6.45, 7) is 2.59. The van der Waals surface area contributed by atoms with Crippen molar-refractivity contribution in [2.75, 3.05) is 11.9 Å². The molecule has 0 atom stereocenters. The summed E-state index contributed by atoms with van der Waals surface area (Å²) in [5, 5.41) is 13.5.